The number of hydrazine groups is 1. The summed E-state index contributed by atoms with van der Waals surface area (Å²) in [6.07, 6.45) is 2.22. The van der Waals surface area contributed by atoms with Crippen molar-refractivity contribution in [2.75, 3.05) is 6.54 Å². The highest BCUT2D eigenvalue weighted by Gasteiger charge is 2.55. The zero-order chi connectivity index (χ0) is 16.4. The summed E-state index contributed by atoms with van der Waals surface area (Å²) in [6, 6.07) is 0. The van der Waals surface area contributed by atoms with Crippen LogP contribution in [0, 0.1) is 22.2 Å². The van der Waals surface area contributed by atoms with Gasteiger partial charge in [0.25, 0.3) is 0 Å². The zero-order valence-electron chi connectivity index (χ0n) is 14.9. The average molecular weight is 287 g/mol. The number of hydrogen-bond acceptors (Lipinski definition) is 4. The maximum atomic E-state index is 6.27. The van der Waals surface area contributed by atoms with Crippen LogP contribution < -0.4 is 22.7 Å². The fraction of sp³-hybridized carbons (Fsp3) is 1.00. The van der Waals surface area contributed by atoms with Crippen LogP contribution in [0.15, 0.2) is 0 Å². The molecule has 4 heteroatoms. The highest BCUT2D eigenvalue weighted by Crippen LogP contribution is 2.57. The third-order valence-electron chi connectivity index (χ3n) is 6.71. The summed E-state index contributed by atoms with van der Waals surface area (Å²) in [5.41, 5.74) is 14.5. The van der Waals surface area contributed by atoms with Gasteiger partial charge in [-0.2, -0.15) is 0 Å². The summed E-state index contributed by atoms with van der Waals surface area (Å²) >= 11 is 0. The van der Waals surface area contributed by atoms with Crippen LogP contribution >= 0.6 is 0 Å². The lowest BCUT2D eigenvalue weighted by atomic mass is 9.48. The van der Waals surface area contributed by atoms with Gasteiger partial charge in [-0.25, -0.2) is 0 Å². The molecule has 0 radical (unpaired) electrons. The molecule has 0 amide bonds. The molecule has 0 fully saturated rings. The molecule has 0 rings (SSSR count). The first-order valence-corrected chi connectivity index (χ1v) is 7.74. The Morgan fingerprint density at radius 3 is 1.70 bits per heavy atom. The van der Waals surface area contributed by atoms with E-state index in [4.69, 9.17) is 17.3 Å². The van der Waals surface area contributed by atoms with E-state index in [9.17, 15) is 0 Å². The zero-order valence-corrected chi connectivity index (χ0v) is 14.9. The average Bonchev–Trinajstić information content (AvgIpc) is 2.27. The summed E-state index contributed by atoms with van der Waals surface area (Å²) in [5, 5.41) is 0. The normalized spacial score (nSPS) is 16.4. The Bertz CT molecular complexity index is 300. The molecule has 0 spiro atoms. The molecule has 7 N–H and O–H groups in total. The van der Waals surface area contributed by atoms with Crippen LogP contribution in [0.3, 0.4) is 0 Å². The van der Waals surface area contributed by atoms with Gasteiger partial charge in [0.15, 0.2) is 0 Å². The predicted molar refractivity (Wildman–Crippen MR) is 88.7 cm³/mol. The van der Waals surface area contributed by atoms with Crippen molar-refractivity contribution in [1.82, 2.24) is 5.43 Å². The van der Waals surface area contributed by atoms with Gasteiger partial charge in [0, 0.05) is 12.0 Å². The third kappa shape index (κ3) is 3.53. The van der Waals surface area contributed by atoms with Crippen molar-refractivity contribution in [2.24, 2.45) is 39.5 Å². The Hall–Kier alpha value is -0.160. The van der Waals surface area contributed by atoms with Crippen molar-refractivity contribution >= 4 is 0 Å². The molecule has 0 aromatic carbocycles. The highest BCUT2D eigenvalue weighted by molar-refractivity contribution is 5.05. The maximum absolute atomic E-state index is 6.27. The SMILES string of the molecule is CC(CCCNN)C(C)(C)C(C)(C)C(C)(C)C(C)(N)N. The molecule has 122 valence electrons. The van der Waals surface area contributed by atoms with E-state index in [1.807, 2.05) is 6.92 Å². The van der Waals surface area contributed by atoms with Crippen LogP contribution in [0.2, 0.25) is 0 Å². The summed E-state index contributed by atoms with van der Waals surface area (Å²) in [4.78, 5) is 0. The maximum Gasteiger partial charge on any atom is 0.0665 e. The molecular formula is C16H38N4. The van der Waals surface area contributed by atoms with Crippen LogP contribution in [-0.2, 0) is 0 Å². The Morgan fingerprint density at radius 2 is 1.35 bits per heavy atom. The van der Waals surface area contributed by atoms with Gasteiger partial charge in [0.05, 0.1) is 5.66 Å². The summed E-state index contributed by atoms with van der Waals surface area (Å²) in [7, 11) is 0. The Labute approximate surface area is 126 Å². The minimum Gasteiger partial charge on any atom is -0.313 e. The molecule has 4 nitrogen and oxygen atoms in total. The molecule has 0 aliphatic heterocycles. The smallest absolute Gasteiger partial charge is 0.0665 e. The first kappa shape index (κ1) is 19.8. The lowest BCUT2D eigenvalue weighted by Crippen LogP contribution is -2.66. The van der Waals surface area contributed by atoms with Crippen molar-refractivity contribution in [3.63, 3.8) is 0 Å². The molecule has 20 heavy (non-hydrogen) atoms. The van der Waals surface area contributed by atoms with E-state index in [0.717, 1.165) is 19.4 Å². The van der Waals surface area contributed by atoms with E-state index in [2.05, 4.69) is 53.9 Å². The van der Waals surface area contributed by atoms with E-state index in [0.29, 0.717) is 5.92 Å². The Balaban J connectivity index is 5.25. The molecule has 0 aliphatic rings. The molecule has 1 unspecified atom stereocenters. The molecule has 0 aliphatic carbocycles. The number of nitrogens with one attached hydrogen (secondary N) is 1. The molecular weight excluding hydrogens is 248 g/mol. The van der Waals surface area contributed by atoms with Crippen molar-refractivity contribution in [3.8, 4) is 0 Å². The minimum atomic E-state index is -0.716. The quantitative estimate of drug-likeness (QED) is 0.239. The van der Waals surface area contributed by atoms with Crippen LogP contribution in [0.25, 0.3) is 0 Å². The van der Waals surface area contributed by atoms with Crippen LogP contribution in [-0.4, -0.2) is 12.2 Å². The molecule has 0 heterocycles. The van der Waals surface area contributed by atoms with Gasteiger partial charge in [-0.3, -0.25) is 11.3 Å². The molecule has 0 saturated heterocycles. The second kappa shape index (κ2) is 6.30. The van der Waals surface area contributed by atoms with E-state index in [1.54, 1.807) is 0 Å². The second-order valence-corrected chi connectivity index (χ2v) is 8.25. The van der Waals surface area contributed by atoms with Crippen LogP contribution in [0.5, 0.6) is 0 Å². The highest BCUT2D eigenvalue weighted by atomic mass is 15.2. The number of hydrogen-bond donors (Lipinski definition) is 4. The molecule has 0 saturated carbocycles. The predicted octanol–water partition coefficient (Wildman–Crippen LogP) is 2.58. The Morgan fingerprint density at radius 1 is 0.900 bits per heavy atom. The first-order valence-electron chi connectivity index (χ1n) is 7.74. The Kier molecular flexibility index (Phi) is 6.25. The van der Waals surface area contributed by atoms with E-state index in [-0.39, 0.29) is 16.2 Å². The van der Waals surface area contributed by atoms with Crippen molar-refractivity contribution in [1.29, 1.82) is 0 Å². The molecule has 0 aromatic heterocycles. The minimum absolute atomic E-state index is 0.00614. The summed E-state index contributed by atoms with van der Waals surface area (Å²) in [6.45, 7) is 18.7. The van der Waals surface area contributed by atoms with Gasteiger partial charge in [-0.1, -0.05) is 48.5 Å². The molecule has 0 bridgehead atoms. The van der Waals surface area contributed by atoms with E-state index >= 15 is 0 Å². The second-order valence-electron chi connectivity index (χ2n) is 8.25. The molecule has 1 atom stereocenters. The van der Waals surface area contributed by atoms with Gasteiger partial charge in [0.1, 0.15) is 0 Å². The van der Waals surface area contributed by atoms with E-state index in [1.165, 1.54) is 0 Å². The van der Waals surface area contributed by atoms with Gasteiger partial charge in [-0.05, 0) is 36.5 Å². The third-order valence-corrected chi connectivity index (χ3v) is 6.71. The standard InChI is InChI=1S/C16H38N4/c1-12(10-9-11-20-19)13(2,3)14(4,5)15(6,7)16(8,17)18/h12,20H,9-11,17-19H2,1-8H3. The van der Waals surface area contributed by atoms with Gasteiger partial charge < -0.3 is 11.5 Å². The lowest BCUT2D eigenvalue weighted by Gasteiger charge is -2.59. The van der Waals surface area contributed by atoms with Crippen molar-refractivity contribution in [2.45, 2.75) is 73.9 Å². The van der Waals surface area contributed by atoms with Crippen LogP contribution in [0.4, 0.5) is 0 Å². The van der Waals surface area contributed by atoms with Gasteiger partial charge in [0.2, 0.25) is 0 Å². The number of rotatable bonds is 8. The fourth-order valence-electron chi connectivity index (χ4n) is 2.97. The molecule has 0 aromatic rings. The monoisotopic (exact) mass is 286 g/mol. The largest absolute Gasteiger partial charge is 0.313 e. The van der Waals surface area contributed by atoms with Gasteiger partial charge in [-0.15, -0.1) is 0 Å². The first-order chi connectivity index (χ1) is 8.73. The lowest BCUT2D eigenvalue weighted by molar-refractivity contribution is -0.0905. The van der Waals surface area contributed by atoms with Gasteiger partial charge >= 0.3 is 0 Å². The number of nitrogens with two attached hydrogens (primary N) is 3. The van der Waals surface area contributed by atoms with Crippen molar-refractivity contribution in [3.05, 3.63) is 0 Å². The van der Waals surface area contributed by atoms with E-state index < -0.39 is 5.66 Å². The summed E-state index contributed by atoms with van der Waals surface area (Å²) in [5.74, 6) is 5.92. The fourth-order valence-corrected chi connectivity index (χ4v) is 2.97. The van der Waals surface area contributed by atoms with Crippen LogP contribution in [0.1, 0.15) is 68.2 Å². The van der Waals surface area contributed by atoms with Crippen molar-refractivity contribution < 1.29 is 0 Å². The topological polar surface area (TPSA) is 90.1 Å². The summed E-state index contributed by atoms with van der Waals surface area (Å²) < 4.78 is 0.